The molecule has 1 aromatic heterocycles. The van der Waals surface area contributed by atoms with Crippen molar-refractivity contribution >= 4 is 23.6 Å². The molecule has 2 aromatic carbocycles. The summed E-state index contributed by atoms with van der Waals surface area (Å²) in [6.07, 6.45) is 12.0. The zero-order valence-corrected chi connectivity index (χ0v) is 22.1. The van der Waals surface area contributed by atoms with Gasteiger partial charge in [-0.1, -0.05) is 88.6 Å². The van der Waals surface area contributed by atoms with Gasteiger partial charge in [0.25, 0.3) is 5.91 Å². The van der Waals surface area contributed by atoms with Crippen molar-refractivity contribution in [2.75, 3.05) is 4.90 Å². The predicted molar refractivity (Wildman–Crippen MR) is 150 cm³/mol. The Hall–Kier alpha value is -3.73. The van der Waals surface area contributed by atoms with E-state index in [9.17, 15) is 9.59 Å². The monoisotopic (exact) mass is 495 g/mol. The second kappa shape index (κ2) is 12.0. The van der Waals surface area contributed by atoms with Crippen LogP contribution >= 0.6 is 0 Å². The summed E-state index contributed by atoms with van der Waals surface area (Å²) in [5.74, 6) is -0.443. The Labute approximate surface area is 220 Å². The van der Waals surface area contributed by atoms with Crippen molar-refractivity contribution in [3.05, 3.63) is 102 Å². The number of amides is 2. The number of nitrogens with one attached hydrogen (secondary N) is 1. The van der Waals surface area contributed by atoms with E-state index in [4.69, 9.17) is 0 Å². The van der Waals surface area contributed by atoms with Crippen LogP contribution in [0.1, 0.15) is 75.6 Å². The fourth-order valence-corrected chi connectivity index (χ4v) is 4.82. The molecule has 192 valence electrons. The normalized spacial score (nSPS) is 15.3. The molecule has 1 aliphatic carbocycles. The van der Waals surface area contributed by atoms with E-state index in [1.165, 1.54) is 6.42 Å². The Bertz CT molecular complexity index is 1190. The van der Waals surface area contributed by atoms with Gasteiger partial charge in [-0.05, 0) is 53.7 Å². The molecule has 2 amide bonds. The highest BCUT2D eigenvalue weighted by Gasteiger charge is 2.33. The standard InChI is InChI=1S/C32H37N3O2/c1-32(2,3)26-17-19-28(20-18-26)35(29(36)21-16-24-11-6-4-7-12-24)30(25-13-10-22-33-23-25)31(37)34-27-14-8-5-9-15-27/h4,6-7,10-13,16-23,27,30H,5,8-9,14-15H2,1-3H3,(H,34,37)/b21-16+. The number of hydrogen-bond acceptors (Lipinski definition) is 3. The van der Waals surface area contributed by atoms with Crippen LogP contribution in [0, 0.1) is 0 Å². The summed E-state index contributed by atoms with van der Waals surface area (Å²) in [6, 6.07) is 20.6. The molecule has 5 heteroatoms. The van der Waals surface area contributed by atoms with Crippen LogP contribution in [-0.2, 0) is 15.0 Å². The summed E-state index contributed by atoms with van der Waals surface area (Å²) in [5, 5.41) is 3.25. The number of benzene rings is 2. The van der Waals surface area contributed by atoms with Crippen LogP contribution < -0.4 is 10.2 Å². The smallest absolute Gasteiger partial charge is 0.252 e. The van der Waals surface area contributed by atoms with E-state index in [0.29, 0.717) is 11.3 Å². The van der Waals surface area contributed by atoms with E-state index in [0.717, 1.165) is 36.8 Å². The van der Waals surface area contributed by atoms with Crippen LogP contribution in [0.5, 0.6) is 0 Å². The highest BCUT2D eigenvalue weighted by atomic mass is 16.2. The number of aromatic nitrogens is 1. The second-order valence-electron chi connectivity index (χ2n) is 10.8. The summed E-state index contributed by atoms with van der Waals surface area (Å²) in [4.78, 5) is 33.6. The number of hydrogen-bond donors (Lipinski definition) is 1. The molecule has 1 heterocycles. The molecule has 1 saturated carbocycles. The summed E-state index contributed by atoms with van der Waals surface area (Å²) in [6.45, 7) is 6.47. The summed E-state index contributed by atoms with van der Waals surface area (Å²) in [7, 11) is 0. The van der Waals surface area contributed by atoms with Crippen molar-refractivity contribution in [3.63, 3.8) is 0 Å². The Kier molecular flexibility index (Phi) is 8.54. The Morgan fingerprint density at radius 3 is 2.27 bits per heavy atom. The van der Waals surface area contributed by atoms with E-state index in [1.807, 2.05) is 60.7 Å². The van der Waals surface area contributed by atoms with Gasteiger partial charge in [-0.2, -0.15) is 0 Å². The van der Waals surface area contributed by atoms with Crippen LogP contribution in [0.4, 0.5) is 5.69 Å². The maximum Gasteiger partial charge on any atom is 0.252 e. The van der Waals surface area contributed by atoms with Crippen LogP contribution in [0.15, 0.2) is 85.2 Å². The number of rotatable bonds is 7. The van der Waals surface area contributed by atoms with Gasteiger partial charge in [0, 0.05) is 35.8 Å². The first-order valence-corrected chi connectivity index (χ1v) is 13.2. The van der Waals surface area contributed by atoms with Gasteiger partial charge < -0.3 is 5.32 Å². The van der Waals surface area contributed by atoms with Crippen molar-refractivity contribution in [2.24, 2.45) is 0 Å². The van der Waals surface area contributed by atoms with Gasteiger partial charge in [0.1, 0.15) is 6.04 Å². The number of anilines is 1. The highest BCUT2D eigenvalue weighted by molar-refractivity contribution is 6.08. The third-order valence-electron chi connectivity index (χ3n) is 6.93. The largest absolute Gasteiger partial charge is 0.351 e. The molecule has 0 saturated heterocycles. The SMILES string of the molecule is CC(C)(C)c1ccc(N(C(=O)/C=C/c2ccccc2)C(C(=O)NC2CCCCC2)c2cccnc2)cc1. The molecule has 3 aromatic rings. The minimum Gasteiger partial charge on any atom is -0.351 e. The van der Waals surface area contributed by atoms with Gasteiger partial charge in [0.05, 0.1) is 0 Å². The first-order valence-electron chi connectivity index (χ1n) is 13.2. The van der Waals surface area contributed by atoms with E-state index < -0.39 is 6.04 Å². The molecule has 1 aliphatic rings. The molecular weight excluding hydrogens is 458 g/mol. The molecule has 0 spiro atoms. The number of nitrogens with zero attached hydrogens (tertiary/aromatic N) is 2. The maximum atomic E-state index is 13.9. The van der Waals surface area contributed by atoms with Crippen molar-refractivity contribution in [3.8, 4) is 0 Å². The maximum absolute atomic E-state index is 13.9. The molecule has 0 radical (unpaired) electrons. The molecule has 37 heavy (non-hydrogen) atoms. The first kappa shape index (κ1) is 26.3. The summed E-state index contributed by atoms with van der Waals surface area (Å²) >= 11 is 0. The van der Waals surface area contributed by atoms with Gasteiger partial charge in [-0.25, -0.2) is 0 Å². The van der Waals surface area contributed by atoms with Crippen LogP contribution in [0.25, 0.3) is 6.08 Å². The second-order valence-corrected chi connectivity index (χ2v) is 10.8. The fourth-order valence-electron chi connectivity index (χ4n) is 4.82. The van der Waals surface area contributed by atoms with Crippen molar-refractivity contribution in [2.45, 2.75) is 70.4 Å². The van der Waals surface area contributed by atoms with Gasteiger partial charge in [-0.15, -0.1) is 0 Å². The third kappa shape index (κ3) is 6.94. The fraction of sp³-hybridized carbons (Fsp3) is 0.344. The lowest BCUT2D eigenvalue weighted by Gasteiger charge is -2.33. The van der Waals surface area contributed by atoms with E-state index in [-0.39, 0.29) is 23.3 Å². The number of carbonyl (C=O) groups is 2. The van der Waals surface area contributed by atoms with Gasteiger partial charge in [-0.3, -0.25) is 19.5 Å². The van der Waals surface area contributed by atoms with Crippen LogP contribution in [0.2, 0.25) is 0 Å². The molecule has 1 fully saturated rings. The lowest BCUT2D eigenvalue weighted by molar-refractivity contribution is -0.126. The topological polar surface area (TPSA) is 62.3 Å². The van der Waals surface area contributed by atoms with E-state index in [2.05, 4.69) is 31.1 Å². The van der Waals surface area contributed by atoms with E-state index in [1.54, 1.807) is 35.5 Å². The third-order valence-corrected chi connectivity index (χ3v) is 6.93. The summed E-state index contributed by atoms with van der Waals surface area (Å²) < 4.78 is 0. The van der Waals surface area contributed by atoms with Gasteiger partial charge >= 0.3 is 0 Å². The average Bonchev–Trinajstić information content (AvgIpc) is 2.91. The predicted octanol–water partition coefficient (Wildman–Crippen LogP) is 6.62. The molecule has 4 rings (SSSR count). The molecular formula is C32H37N3O2. The first-order chi connectivity index (χ1) is 17.8. The lowest BCUT2D eigenvalue weighted by Crippen LogP contribution is -2.47. The highest BCUT2D eigenvalue weighted by Crippen LogP contribution is 2.31. The Morgan fingerprint density at radius 1 is 0.946 bits per heavy atom. The minimum absolute atomic E-state index is 0.0261. The molecule has 1 unspecified atom stereocenters. The van der Waals surface area contributed by atoms with Crippen molar-refractivity contribution in [1.82, 2.24) is 10.3 Å². The average molecular weight is 496 g/mol. The zero-order chi connectivity index (χ0) is 26.3. The Morgan fingerprint density at radius 2 is 1.65 bits per heavy atom. The Balaban J connectivity index is 1.75. The quantitative estimate of drug-likeness (QED) is 0.375. The molecule has 0 aliphatic heterocycles. The number of carbonyl (C=O) groups excluding carboxylic acids is 2. The molecule has 1 N–H and O–H groups in total. The molecule has 0 bridgehead atoms. The van der Waals surface area contributed by atoms with Crippen molar-refractivity contribution in [1.29, 1.82) is 0 Å². The summed E-state index contributed by atoms with van der Waals surface area (Å²) in [5.41, 5.74) is 3.40. The molecule has 1 atom stereocenters. The molecule has 5 nitrogen and oxygen atoms in total. The van der Waals surface area contributed by atoms with Gasteiger partial charge in [0.15, 0.2) is 0 Å². The van der Waals surface area contributed by atoms with E-state index >= 15 is 0 Å². The number of pyridine rings is 1. The minimum atomic E-state index is -0.843. The zero-order valence-electron chi connectivity index (χ0n) is 22.1. The van der Waals surface area contributed by atoms with Crippen LogP contribution in [0.3, 0.4) is 0 Å². The van der Waals surface area contributed by atoms with Crippen molar-refractivity contribution < 1.29 is 9.59 Å². The van der Waals surface area contributed by atoms with Crippen LogP contribution in [-0.4, -0.2) is 22.8 Å². The lowest BCUT2D eigenvalue weighted by atomic mass is 9.87. The van der Waals surface area contributed by atoms with Gasteiger partial charge in [0.2, 0.25) is 5.91 Å².